The van der Waals surface area contributed by atoms with Gasteiger partial charge in [-0.2, -0.15) is 10.1 Å². The molecule has 9 heteroatoms. The molecule has 23 heavy (non-hydrogen) atoms. The van der Waals surface area contributed by atoms with E-state index in [4.69, 9.17) is 0 Å². The van der Waals surface area contributed by atoms with Gasteiger partial charge in [-0.1, -0.05) is 22.0 Å². The summed E-state index contributed by atoms with van der Waals surface area (Å²) >= 11 is 3.31. The molecule has 0 aliphatic heterocycles. The standard InChI is InChI=1S/C14H10BrF2N5O/c15-5-9-4-12(21-14-19-7-20-22(9)14)13(23)18-6-8-1-2-10(16)11(17)3-8/h1-4,7H,5-6H2,(H,18,23). The van der Waals surface area contributed by atoms with Gasteiger partial charge in [0.25, 0.3) is 11.7 Å². The van der Waals surface area contributed by atoms with Crippen molar-refractivity contribution in [2.24, 2.45) is 0 Å². The van der Waals surface area contributed by atoms with Gasteiger partial charge in [-0.05, 0) is 23.8 Å². The topological polar surface area (TPSA) is 72.2 Å². The summed E-state index contributed by atoms with van der Waals surface area (Å²) in [7, 11) is 0. The van der Waals surface area contributed by atoms with E-state index < -0.39 is 17.5 Å². The highest BCUT2D eigenvalue weighted by Gasteiger charge is 2.13. The van der Waals surface area contributed by atoms with Gasteiger partial charge >= 0.3 is 0 Å². The summed E-state index contributed by atoms with van der Waals surface area (Å²) in [6, 6.07) is 5.03. The van der Waals surface area contributed by atoms with Crippen LogP contribution < -0.4 is 5.32 Å². The van der Waals surface area contributed by atoms with Crippen LogP contribution in [-0.2, 0) is 11.9 Å². The molecule has 0 unspecified atom stereocenters. The van der Waals surface area contributed by atoms with Crippen LogP contribution in [0.3, 0.4) is 0 Å². The summed E-state index contributed by atoms with van der Waals surface area (Å²) in [4.78, 5) is 20.3. The average molecular weight is 382 g/mol. The lowest BCUT2D eigenvalue weighted by Crippen LogP contribution is -2.24. The Bertz CT molecular complexity index is 883. The molecule has 1 amide bonds. The van der Waals surface area contributed by atoms with Crippen molar-refractivity contribution in [2.75, 3.05) is 0 Å². The zero-order valence-corrected chi connectivity index (χ0v) is 13.2. The van der Waals surface area contributed by atoms with E-state index in [1.54, 1.807) is 6.07 Å². The molecule has 2 heterocycles. The third-order valence-corrected chi connectivity index (χ3v) is 3.71. The first-order valence-electron chi connectivity index (χ1n) is 6.56. The van der Waals surface area contributed by atoms with Crippen LogP contribution in [0.1, 0.15) is 21.7 Å². The van der Waals surface area contributed by atoms with Crippen LogP contribution in [0.4, 0.5) is 8.78 Å². The number of hydrogen-bond donors (Lipinski definition) is 1. The second kappa shape index (κ2) is 6.37. The number of fused-ring (bicyclic) bond motifs is 1. The van der Waals surface area contributed by atoms with E-state index in [1.807, 2.05) is 0 Å². The highest BCUT2D eigenvalue weighted by Crippen LogP contribution is 2.11. The fourth-order valence-corrected chi connectivity index (χ4v) is 2.41. The van der Waals surface area contributed by atoms with Crippen LogP contribution >= 0.6 is 15.9 Å². The van der Waals surface area contributed by atoms with Crippen LogP contribution in [0.25, 0.3) is 5.78 Å². The summed E-state index contributed by atoms with van der Waals surface area (Å²) in [5, 5.41) is 7.08. The third-order valence-electron chi connectivity index (χ3n) is 3.13. The van der Waals surface area contributed by atoms with E-state index in [2.05, 4.69) is 36.3 Å². The number of nitrogens with one attached hydrogen (secondary N) is 1. The molecule has 0 aliphatic carbocycles. The SMILES string of the molecule is O=C(NCc1ccc(F)c(F)c1)c1cc(CBr)n2ncnc2n1. The second-order valence-electron chi connectivity index (χ2n) is 4.67. The van der Waals surface area contributed by atoms with Gasteiger partial charge < -0.3 is 5.32 Å². The first-order valence-corrected chi connectivity index (χ1v) is 7.68. The monoisotopic (exact) mass is 381 g/mol. The normalized spacial score (nSPS) is 10.9. The number of halogens is 3. The smallest absolute Gasteiger partial charge is 0.270 e. The molecule has 0 radical (unpaired) electrons. The molecule has 1 aromatic carbocycles. The lowest BCUT2D eigenvalue weighted by molar-refractivity contribution is 0.0946. The summed E-state index contributed by atoms with van der Waals surface area (Å²) in [6.45, 7) is 0.0548. The van der Waals surface area contributed by atoms with Gasteiger partial charge in [0.15, 0.2) is 11.6 Å². The molecule has 0 saturated heterocycles. The van der Waals surface area contributed by atoms with Gasteiger partial charge in [-0.25, -0.2) is 18.3 Å². The highest BCUT2D eigenvalue weighted by atomic mass is 79.9. The Morgan fingerprint density at radius 3 is 2.83 bits per heavy atom. The van der Waals surface area contributed by atoms with E-state index in [9.17, 15) is 13.6 Å². The van der Waals surface area contributed by atoms with E-state index >= 15 is 0 Å². The van der Waals surface area contributed by atoms with Gasteiger partial charge in [-0.15, -0.1) is 0 Å². The Morgan fingerprint density at radius 1 is 1.26 bits per heavy atom. The zero-order chi connectivity index (χ0) is 16.4. The van der Waals surface area contributed by atoms with Gasteiger partial charge in [-0.3, -0.25) is 4.79 Å². The maximum Gasteiger partial charge on any atom is 0.270 e. The molecule has 3 aromatic rings. The van der Waals surface area contributed by atoms with Crippen molar-refractivity contribution in [3.63, 3.8) is 0 Å². The largest absolute Gasteiger partial charge is 0.347 e. The fraction of sp³-hybridized carbons (Fsp3) is 0.143. The molecule has 118 valence electrons. The summed E-state index contributed by atoms with van der Waals surface area (Å²) in [6.07, 6.45) is 1.34. The predicted molar refractivity (Wildman–Crippen MR) is 80.9 cm³/mol. The van der Waals surface area contributed by atoms with Gasteiger partial charge in [0.2, 0.25) is 0 Å². The zero-order valence-electron chi connectivity index (χ0n) is 11.6. The number of alkyl halides is 1. The molecular weight excluding hydrogens is 372 g/mol. The van der Waals surface area contributed by atoms with Crippen LogP contribution in [0, 0.1) is 11.6 Å². The Kier molecular flexibility index (Phi) is 4.28. The van der Waals surface area contributed by atoms with Crippen molar-refractivity contribution < 1.29 is 13.6 Å². The van der Waals surface area contributed by atoms with Crippen molar-refractivity contribution in [1.29, 1.82) is 0 Å². The Hall–Kier alpha value is -2.42. The second-order valence-corrected chi connectivity index (χ2v) is 5.23. The van der Waals surface area contributed by atoms with Crippen molar-refractivity contribution in [1.82, 2.24) is 24.9 Å². The third kappa shape index (κ3) is 3.19. The van der Waals surface area contributed by atoms with Crippen LogP contribution in [0.5, 0.6) is 0 Å². The molecule has 0 aliphatic rings. The number of nitrogens with zero attached hydrogens (tertiary/aromatic N) is 4. The fourth-order valence-electron chi connectivity index (χ4n) is 2.01. The summed E-state index contributed by atoms with van der Waals surface area (Å²) in [5.41, 5.74) is 1.33. The number of amides is 1. The maximum absolute atomic E-state index is 13.1. The number of carbonyl (C=O) groups is 1. The Balaban J connectivity index is 1.79. The molecule has 6 nitrogen and oxygen atoms in total. The molecular formula is C14H10BrF2N5O. The van der Waals surface area contributed by atoms with Crippen molar-refractivity contribution >= 4 is 27.6 Å². The van der Waals surface area contributed by atoms with E-state index in [-0.39, 0.29) is 12.2 Å². The number of carbonyl (C=O) groups excluding carboxylic acids is 1. The van der Waals surface area contributed by atoms with E-state index in [0.717, 1.165) is 12.1 Å². The highest BCUT2D eigenvalue weighted by molar-refractivity contribution is 9.08. The summed E-state index contributed by atoms with van der Waals surface area (Å²) < 4.78 is 27.5. The number of hydrogen-bond acceptors (Lipinski definition) is 4. The first kappa shape index (κ1) is 15.5. The van der Waals surface area contributed by atoms with Crippen molar-refractivity contribution in [2.45, 2.75) is 11.9 Å². The molecule has 0 saturated carbocycles. The van der Waals surface area contributed by atoms with Crippen molar-refractivity contribution in [3.8, 4) is 0 Å². The molecule has 0 spiro atoms. The van der Waals surface area contributed by atoms with E-state index in [0.29, 0.717) is 22.4 Å². The average Bonchev–Trinajstić information content (AvgIpc) is 3.03. The quantitative estimate of drug-likeness (QED) is 0.703. The first-order chi connectivity index (χ1) is 11.1. The van der Waals surface area contributed by atoms with Crippen LogP contribution in [0.2, 0.25) is 0 Å². The predicted octanol–water partition coefficient (Wildman–Crippen LogP) is 2.23. The minimum absolute atomic E-state index is 0.0548. The van der Waals surface area contributed by atoms with Gasteiger partial charge in [0, 0.05) is 11.9 Å². The number of aromatic nitrogens is 4. The maximum atomic E-state index is 13.1. The molecule has 0 bridgehead atoms. The van der Waals surface area contributed by atoms with Crippen molar-refractivity contribution in [3.05, 3.63) is 59.2 Å². The minimum Gasteiger partial charge on any atom is -0.347 e. The lowest BCUT2D eigenvalue weighted by Gasteiger charge is -2.07. The minimum atomic E-state index is -0.957. The number of rotatable bonds is 4. The molecule has 1 N–H and O–H groups in total. The van der Waals surface area contributed by atoms with Crippen LogP contribution in [-0.4, -0.2) is 25.5 Å². The molecule has 0 fully saturated rings. The Morgan fingerprint density at radius 2 is 2.09 bits per heavy atom. The van der Waals surface area contributed by atoms with E-state index in [1.165, 1.54) is 16.9 Å². The molecule has 0 atom stereocenters. The van der Waals surface area contributed by atoms with Gasteiger partial charge in [0.05, 0.1) is 5.69 Å². The molecule has 3 rings (SSSR count). The summed E-state index contributed by atoms with van der Waals surface area (Å²) in [5.74, 6) is -2.02. The van der Waals surface area contributed by atoms with Gasteiger partial charge in [0.1, 0.15) is 12.0 Å². The number of benzene rings is 1. The lowest BCUT2D eigenvalue weighted by atomic mass is 10.2. The Labute approximate surface area is 137 Å². The molecule has 2 aromatic heterocycles. The van der Waals surface area contributed by atoms with Crippen LogP contribution in [0.15, 0.2) is 30.6 Å².